The zero-order valence-corrected chi connectivity index (χ0v) is 17.4. The average molecular weight is 408 g/mol. The number of hydrogen-bond acceptors (Lipinski definition) is 7. The Labute approximate surface area is 172 Å². The Hall–Kier alpha value is -2.00. The molecule has 1 aliphatic heterocycles. The van der Waals surface area contributed by atoms with Gasteiger partial charge in [-0.3, -0.25) is 19.4 Å². The lowest BCUT2D eigenvalue weighted by atomic mass is 10.1. The number of aliphatic hydroxyl groups excluding tert-OH is 1. The molecular formula is C21H33N3O5. The molecule has 1 atom stereocenters. The summed E-state index contributed by atoms with van der Waals surface area (Å²) in [5.41, 5.74) is 0.672. The first-order valence-electron chi connectivity index (χ1n) is 10.2. The normalized spacial score (nSPS) is 16.4. The first-order valence-corrected chi connectivity index (χ1v) is 10.2. The van der Waals surface area contributed by atoms with Gasteiger partial charge in [-0.25, -0.2) is 0 Å². The Morgan fingerprint density at radius 1 is 1.14 bits per heavy atom. The van der Waals surface area contributed by atoms with Gasteiger partial charge in [0.1, 0.15) is 18.5 Å². The van der Waals surface area contributed by atoms with Crippen LogP contribution < -0.4 is 10.1 Å². The monoisotopic (exact) mass is 407 g/mol. The van der Waals surface area contributed by atoms with Crippen molar-refractivity contribution >= 4 is 11.7 Å². The summed E-state index contributed by atoms with van der Waals surface area (Å²) in [5.74, 6) is 0.750. The van der Waals surface area contributed by atoms with Gasteiger partial charge in [-0.1, -0.05) is 6.92 Å². The van der Waals surface area contributed by atoms with Crippen LogP contribution in [0.25, 0.3) is 0 Å². The molecule has 1 fully saturated rings. The van der Waals surface area contributed by atoms with E-state index in [4.69, 9.17) is 9.47 Å². The van der Waals surface area contributed by atoms with E-state index in [1.54, 1.807) is 31.4 Å². The topological polar surface area (TPSA) is 91.3 Å². The van der Waals surface area contributed by atoms with Gasteiger partial charge in [0.15, 0.2) is 5.78 Å². The highest BCUT2D eigenvalue weighted by atomic mass is 16.5. The van der Waals surface area contributed by atoms with Gasteiger partial charge in [-0.2, -0.15) is 0 Å². The van der Waals surface area contributed by atoms with Crippen LogP contribution in [-0.4, -0.2) is 98.8 Å². The fourth-order valence-electron chi connectivity index (χ4n) is 3.17. The molecule has 8 nitrogen and oxygen atoms in total. The highest BCUT2D eigenvalue weighted by molar-refractivity contribution is 5.95. The Morgan fingerprint density at radius 2 is 1.79 bits per heavy atom. The molecule has 0 saturated carbocycles. The van der Waals surface area contributed by atoms with E-state index in [-0.39, 0.29) is 18.3 Å². The summed E-state index contributed by atoms with van der Waals surface area (Å²) in [6, 6.07) is 7.01. The minimum absolute atomic E-state index is 0.00981. The molecule has 1 unspecified atom stereocenters. The average Bonchev–Trinajstić information content (AvgIpc) is 2.73. The number of piperazine rings is 1. The second-order valence-corrected chi connectivity index (χ2v) is 7.19. The fraction of sp³-hybridized carbons (Fsp3) is 0.619. The Bertz CT molecular complexity index is 630. The lowest BCUT2D eigenvalue weighted by molar-refractivity contribution is -0.122. The summed E-state index contributed by atoms with van der Waals surface area (Å²) >= 11 is 0. The molecule has 8 heteroatoms. The van der Waals surface area contributed by atoms with E-state index in [9.17, 15) is 14.7 Å². The molecule has 2 rings (SSSR count). The number of carbonyl (C=O) groups excluding carboxylic acids is 2. The quantitative estimate of drug-likeness (QED) is 0.383. The van der Waals surface area contributed by atoms with Crippen LogP contribution in [-0.2, 0) is 9.53 Å². The molecule has 1 saturated heterocycles. The van der Waals surface area contributed by atoms with Crippen molar-refractivity contribution < 1.29 is 24.2 Å². The summed E-state index contributed by atoms with van der Waals surface area (Å²) in [4.78, 5) is 27.8. The van der Waals surface area contributed by atoms with Crippen molar-refractivity contribution in [3.05, 3.63) is 29.8 Å². The fourth-order valence-corrected chi connectivity index (χ4v) is 3.17. The van der Waals surface area contributed by atoms with Crippen molar-refractivity contribution in [2.24, 2.45) is 0 Å². The second-order valence-electron chi connectivity index (χ2n) is 7.19. The van der Waals surface area contributed by atoms with E-state index in [1.807, 2.05) is 6.92 Å². The molecule has 2 N–H and O–H groups in total. The Balaban J connectivity index is 1.63. The first kappa shape index (κ1) is 23.3. The molecule has 0 radical (unpaired) electrons. The molecule has 29 heavy (non-hydrogen) atoms. The van der Waals surface area contributed by atoms with Crippen molar-refractivity contribution in [2.45, 2.75) is 19.4 Å². The molecule has 0 bridgehead atoms. The number of amides is 1. The van der Waals surface area contributed by atoms with Crippen molar-refractivity contribution in [1.29, 1.82) is 0 Å². The van der Waals surface area contributed by atoms with E-state index >= 15 is 0 Å². The van der Waals surface area contributed by atoms with E-state index in [0.717, 1.165) is 26.2 Å². The number of nitrogens with one attached hydrogen (secondary N) is 1. The number of ether oxygens (including phenoxy) is 2. The van der Waals surface area contributed by atoms with E-state index in [0.29, 0.717) is 44.0 Å². The minimum atomic E-state index is -0.601. The zero-order valence-electron chi connectivity index (χ0n) is 17.4. The van der Waals surface area contributed by atoms with Gasteiger partial charge in [-0.15, -0.1) is 0 Å². The zero-order chi connectivity index (χ0) is 21.1. The first-order chi connectivity index (χ1) is 14.0. The van der Waals surface area contributed by atoms with Gasteiger partial charge in [0.25, 0.3) is 0 Å². The molecule has 1 heterocycles. The molecule has 0 aliphatic carbocycles. The number of ketones is 1. The van der Waals surface area contributed by atoms with E-state index in [2.05, 4.69) is 15.1 Å². The Kier molecular flexibility index (Phi) is 10.1. The number of rotatable bonds is 12. The molecule has 1 aliphatic rings. The van der Waals surface area contributed by atoms with Crippen LogP contribution >= 0.6 is 0 Å². The number of hydrogen-bond donors (Lipinski definition) is 2. The van der Waals surface area contributed by atoms with Gasteiger partial charge in [0, 0.05) is 58.4 Å². The minimum Gasteiger partial charge on any atom is -0.491 e. The predicted octanol–water partition coefficient (Wildman–Crippen LogP) is 0.399. The number of carbonyl (C=O) groups is 2. The van der Waals surface area contributed by atoms with Crippen molar-refractivity contribution in [3.8, 4) is 5.75 Å². The number of β-amino-alcohol motifs (C(OH)–C–C–N with tert-alkyl or cyclic N) is 1. The van der Waals surface area contributed by atoms with Crippen LogP contribution in [0.3, 0.4) is 0 Å². The summed E-state index contributed by atoms with van der Waals surface area (Å²) < 4.78 is 10.6. The number of methoxy groups -OCH3 is 1. The smallest absolute Gasteiger partial charge is 0.234 e. The van der Waals surface area contributed by atoms with Crippen LogP contribution in [0.15, 0.2) is 24.3 Å². The van der Waals surface area contributed by atoms with Crippen LogP contribution in [0.4, 0.5) is 0 Å². The molecule has 0 aromatic heterocycles. The third kappa shape index (κ3) is 8.49. The summed E-state index contributed by atoms with van der Waals surface area (Å²) in [6.07, 6.45) is -0.124. The molecule has 1 aromatic carbocycles. The third-order valence-corrected chi connectivity index (χ3v) is 4.87. The third-order valence-electron chi connectivity index (χ3n) is 4.87. The maximum atomic E-state index is 11.8. The molecule has 162 valence electrons. The highest BCUT2D eigenvalue weighted by Crippen LogP contribution is 2.14. The van der Waals surface area contributed by atoms with Crippen LogP contribution in [0.5, 0.6) is 5.75 Å². The summed E-state index contributed by atoms with van der Waals surface area (Å²) in [5, 5.41) is 13.1. The second kappa shape index (κ2) is 12.5. The standard InChI is InChI=1S/C21H33N3O5/c1-3-20(26)17-4-6-19(7-5-17)29-16-18(25)14-23-9-11-24(12-10-23)15-21(27)22-8-13-28-2/h4-7,18,25H,3,8-16H2,1-2H3,(H,22,27). The van der Waals surface area contributed by atoms with Crippen molar-refractivity contribution in [1.82, 2.24) is 15.1 Å². The van der Waals surface area contributed by atoms with Crippen molar-refractivity contribution in [3.63, 3.8) is 0 Å². The Morgan fingerprint density at radius 3 is 2.41 bits per heavy atom. The number of Topliss-reactive ketones (excluding diaryl/α,β-unsaturated/α-hetero) is 1. The lowest BCUT2D eigenvalue weighted by Gasteiger charge is -2.35. The molecule has 1 amide bonds. The number of nitrogens with zero attached hydrogens (tertiary/aromatic N) is 2. The van der Waals surface area contributed by atoms with Gasteiger partial charge >= 0.3 is 0 Å². The van der Waals surface area contributed by atoms with Crippen LogP contribution in [0.1, 0.15) is 23.7 Å². The van der Waals surface area contributed by atoms with Crippen LogP contribution in [0.2, 0.25) is 0 Å². The summed E-state index contributed by atoms with van der Waals surface area (Å²) in [7, 11) is 1.61. The van der Waals surface area contributed by atoms with E-state index in [1.165, 1.54) is 0 Å². The van der Waals surface area contributed by atoms with Gasteiger partial charge < -0.3 is 19.9 Å². The maximum absolute atomic E-state index is 11.8. The lowest BCUT2D eigenvalue weighted by Crippen LogP contribution is -2.51. The van der Waals surface area contributed by atoms with Gasteiger partial charge in [0.05, 0.1) is 13.2 Å². The molecular weight excluding hydrogens is 374 g/mol. The van der Waals surface area contributed by atoms with Crippen LogP contribution in [0, 0.1) is 0 Å². The van der Waals surface area contributed by atoms with Gasteiger partial charge in [0.2, 0.25) is 5.91 Å². The largest absolute Gasteiger partial charge is 0.491 e. The molecule has 1 aromatic rings. The maximum Gasteiger partial charge on any atom is 0.234 e. The highest BCUT2D eigenvalue weighted by Gasteiger charge is 2.21. The predicted molar refractivity (Wildman–Crippen MR) is 110 cm³/mol. The van der Waals surface area contributed by atoms with Crippen molar-refractivity contribution in [2.75, 3.05) is 66.1 Å². The van der Waals surface area contributed by atoms with E-state index < -0.39 is 6.10 Å². The van der Waals surface area contributed by atoms with Gasteiger partial charge in [-0.05, 0) is 24.3 Å². The number of aliphatic hydroxyl groups is 1. The molecule has 0 spiro atoms. The number of benzene rings is 1. The SMILES string of the molecule is CCC(=O)c1ccc(OCC(O)CN2CCN(CC(=O)NCCOC)CC2)cc1. The summed E-state index contributed by atoms with van der Waals surface area (Å²) in [6.45, 7) is 7.17.